The van der Waals surface area contributed by atoms with Gasteiger partial charge in [0.15, 0.2) is 0 Å². The van der Waals surface area contributed by atoms with Crippen LogP contribution < -0.4 is 0 Å². The molecule has 5 heteroatoms. The average Bonchev–Trinajstić information content (AvgIpc) is 2.77. The van der Waals surface area contributed by atoms with Gasteiger partial charge in [0.1, 0.15) is 0 Å². The van der Waals surface area contributed by atoms with E-state index in [0.717, 1.165) is 18.7 Å². The second-order valence-corrected chi connectivity index (χ2v) is 5.30. The first-order valence-electron chi connectivity index (χ1n) is 6.05. The van der Waals surface area contributed by atoms with E-state index in [1.54, 1.807) is 6.07 Å². The lowest BCUT2D eigenvalue weighted by atomic mass is 10.1. The first kappa shape index (κ1) is 14.1. The Balaban J connectivity index is 2.07. The molecule has 0 bridgehead atoms. The molecule has 1 heterocycles. The molecular formula is C13H17Cl2NO2. The Labute approximate surface area is 117 Å². The lowest BCUT2D eigenvalue weighted by Crippen LogP contribution is -2.42. The summed E-state index contributed by atoms with van der Waals surface area (Å²) in [5, 5.41) is 11.0. The zero-order chi connectivity index (χ0) is 13.1. The van der Waals surface area contributed by atoms with Crippen molar-refractivity contribution in [1.82, 2.24) is 4.90 Å². The number of likely N-dealkylation sites (N-methyl/N-ethyl adjacent to an activating group) is 1. The van der Waals surface area contributed by atoms with Crippen LogP contribution in [0.4, 0.5) is 0 Å². The van der Waals surface area contributed by atoms with Crippen LogP contribution in [-0.4, -0.2) is 41.9 Å². The molecule has 1 aliphatic heterocycles. The normalized spacial score (nSPS) is 23.8. The molecular weight excluding hydrogens is 273 g/mol. The van der Waals surface area contributed by atoms with Crippen LogP contribution in [0.5, 0.6) is 0 Å². The molecule has 1 saturated heterocycles. The molecule has 2 atom stereocenters. The number of halogens is 2. The molecule has 1 fully saturated rings. The Hall–Kier alpha value is -0.320. The van der Waals surface area contributed by atoms with Crippen molar-refractivity contribution in [2.75, 3.05) is 19.8 Å². The van der Waals surface area contributed by atoms with Gasteiger partial charge in [-0.15, -0.1) is 0 Å². The second-order valence-electron chi connectivity index (χ2n) is 4.48. The largest absolute Gasteiger partial charge is 0.389 e. The van der Waals surface area contributed by atoms with Crippen LogP contribution >= 0.6 is 23.2 Å². The lowest BCUT2D eigenvalue weighted by Gasteiger charge is -2.28. The van der Waals surface area contributed by atoms with E-state index < -0.39 is 6.10 Å². The summed E-state index contributed by atoms with van der Waals surface area (Å²) in [4.78, 5) is 2.19. The second kappa shape index (κ2) is 6.22. The summed E-state index contributed by atoms with van der Waals surface area (Å²) < 4.78 is 5.29. The molecule has 0 amide bonds. The van der Waals surface area contributed by atoms with Crippen molar-refractivity contribution in [2.45, 2.75) is 25.6 Å². The van der Waals surface area contributed by atoms with Crippen LogP contribution in [-0.2, 0) is 11.3 Å². The zero-order valence-electron chi connectivity index (χ0n) is 10.3. The van der Waals surface area contributed by atoms with E-state index in [9.17, 15) is 5.11 Å². The quantitative estimate of drug-likeness (QED) is 0.925. The number of nitrogens with zero attached hydrogens (tertiary/aromatic N) is 1. The smallest absolute Gasteiger partial charge is 0.0950 e. The van der Waals surface area contributed by atoms with Crippen LogP contribution in [0, 0.1) is 0 Å². The highest BCUT2D eigenvalue weighted by atomic mass is 35.5. The van der Waals surface area contributed by atoms with Crippen LogP contribution in [0.2, 0.25) is 10.0 Å². The van der Waals surface area contributed by atoms with Crippen LogP contribution in [0.1, 0.15) is 12.5 Å². The van der Waals surface area contributed by atoms with Gasteiger partial charge in [0, 0.05) is 6.54 Å². The number of rotatable bonds is 4. The molecule has 3 nitrogen and oxygen atoms in total. The lowest BCUT2D eigenvalue weighted by molar-refractivity contribution is 0.0808. The van der Waals surface area contributed by atoms with E-state index in [2.05, 4.69) is 11.8 Å². The maximum atomic E-state index is 9.85. The van der Waals surface area contributed by atoms with Crippen LogP contribution in [0.25, 0.3) is 0 Å². The van der Waals surface area contributed by atoms with Crippen molar-refractivity contribution < 1.29 is 9.84 Å². The van der Waals surface area contributed by atoms with Gasteiger partial charge in [-0.05, 0) is 24.2 Å². The minimum Gasteiger partial charge on any atom is -0.389 e. The maximum absolute atomic E-state index is 9.85. The van der Waals surface area contributed by atoms with E-state index in [1.807, 2.05) is 12.1 Å². The molecule has 18 heavy (non-hydrogen) atoms. The number of benzene rings is 1. The molecule has 0 radical (unpaired) electrons. The Kier molecular flexibility index (Phi) is 4.87. The average molecular weight is 290 g/mol. The summed E-state index contributed by atoms with van der Waals surface area (Å²) in [5.41, 5.74) is 1.09. The van der Waals surface area contributed by atoms with Gasteiger partial charge in [-0.3, -0.25) is 4.90 Å². The third kappa shape index (κ3) is 3.16. The number of ether oxygens (including phenoxy) is 1. The fourth-order valence-electron chi connectivity index (χ4n) is 2.22. The van der Waals surface area contributed by atoms with Crippen molar-refractivity contribution in [3.05, 3.63) is 33.8 Å². The molecule has 0 saturated carbocycles. The summed E-state index contributed by atoms with van der Waals surface area (Å²) in [5.74, 6) is 0. The van der Waals surface area contributed by atoms with Gasteiger partial charge in [-0.25, -0.2) is 0 Å². The summed E-state index contributed by atoms with van der Waals surface area (Å²) >= 11 is 11.9. The third-order valence-electron chi connectivity index (χ3n) is 3.27. The molecule has 0 unspecified atom stereocenters. The Bertz CT molecular complexity index is 414. The SMILES string of the molecule is CCN(Cc1ccc(Cl)c(Cl)c1)[C@H]1COC[C@@H]1O. The van der Waals surface area contributed by atoms with Crippen molar-refractivity contribution in [2.24, 2.45) is 0 Å². The first-order valence-corrected chi connectivity index (χ1v) is 6.81. The molecule has 0 aliphatic carbocycles. The standard InChI is InChI=1S/C13H17Cl2NO2/c1-2-16(12-7-18-8-13(12)17)6-9-3-4-10(14)11(15)5-9/h3-5,12-13,17H,2,6-8H2,1H3/t12-,13-/m0/s1. The molecule has 1 N–H and O–H groups in total. The van der Waals surface area contributed by atoms with Gasteiger partial charge in [-0.2, -0.15) is 0 Å². The van der Waals surface area contributed by atoms with Gasteiger partial charge in [0.05, 0.1) is 35.4 Å². The fourth-order valence-corrected chi connectivity index (χ4v) is 2.54. The molecule has 1 aromatic rings. The van der Waals surface area contributed by atoms with E-state index in [1.165, 1.54) is 0 Å². The predicted octanol–water partition coefficient (Wildman–Crippen LogP) is 2.58. The van der Waals surface area contributed by atoms with Crippen molar-refractivity contribution in [1.29, 1.82) is 0 Å². The molecule has 100 valence electrons. The maximum Gasteiger partial charge on any atom is 0.0950 e. The fraction of sp³-hybridized carbons (Fsp3) is 0.538. The first-order chi connectivity index (χ1) is 8.61. The van der Waals surface area contributed by atoms with Gasteiger partial charge in [0.25, 0.3) is 0 Å². The highest BCUT2D eigenvalue weighted by molar-refractivity contribution is 6.42. The summed E-state index contributed by atoms with van der Waals surface area (Å²) in [6.45, 7) is 4.66. The Morgan fingerprint density at radius 1 is 1.33 bits per heavy atom. The van der Waals surface area contributed by atoms with Crippen LogP contribution in [0.3, 0.4) is 0 Å². The minimum absolute atomic E-state index is 0.0597. The zero-order valence-corrected chi connectivity index (χ0v) is 11.8. The minimum atomic E-state index is -0.410. The van der Waals surface area contributed by atoms with E-state index in [0.29, 0.717) is 23.3 Å². The van der Waals surface area contributed by atoms with Gasteiger partial charge in [0.2, 0.25) is 0 Å². The van der Waals surface area contributed by atoms with Crippen LogP contribution in [0.15, 0.2) is 18.2 Å². The molecule has 0 aromatic heterocycles. The van der Waals surface area contributed by atoms with Crippen molar-refractivity contribution in [3.63, 3.8) is 0 Å². The number of hydrogen-bond donors (Lipinski definition) is 1. The van der Waals surface area contributed by atoms with E-state index in [4.69, 9.17) is 27.9 Å². The Morgan fingerprint density at radius 3 is 2.67 bits per heavy atom. The van der Waals surface area contributed by atoms with Crippen molar-refractivity contribution >= 4 is 23.2 Å². The summed E-state index contributed by atoms with van der Waals surface area (Å²) in [7, 11) is 0. The molecule has 2 rings (SSSR count). The predicted molar refractivity (Wildman–Crippen MR) is 73.2 cm³/mol. The number of aliphatic hydroxyl groups is 1. The van der Waals surface area contributed by atoms with E-state index in [-0.39, 0.29) is 6.04 Å². The topological polar surface area (TPSA) is 32.7 Å². The third-order valence-corrected chi connectivity index (χ3v) is 4.01. The molecule has 1 aliphatic rings. The molecule has 0 spiro atoms. The molecule has 1 aromatic carbocycles. The van der Waals surface area contributed by atoms with Gasteiger partial charge >= 0.3 is 0 Å². The van der Waals surface area contributed by atoms with Gasteiger partial charge in [-0.1, -0.05) is 36.2 Å². The number of hydrogen-bond acceptors (Lipinski definition) is 3. The highest BCUT2D eigenvalue weighted by Gasteiger charge is 2.30. The summed E-state index contributed by atoms with van der Waals surface area (Å²) in [6, 6.07) is 5.69. The van der Waals surface area contributed by atoms with Crippen molar-refractivity contribution in [3.8, 4) is 0 Å². The monoisotopic (exact) mass is 289 g/mol. The number of aliphatic hydroxyl groups excluding tert-OH is 1. The van der Waals surface area contributed by atoms with E-state index >= 15 is 0 Å². The van der Waals surface area contributed by atoms with Gasteiger partial charge < -0.3 is 9.84 Å². The summed E-state index contributed by atoms with van der Waals surface area (Å²) in [6.07, 6.45) is -0.410. The Morgan fingerprint density at radius 2 is 2.11 bits per heavy atom. The highest BCUT2D eigenvalue weighted by Crippen LogP contribution is 2.24.